The molecule has 1 fully saturated rings. The third kappa shape index (κ3) is 3.05. The minimum atomic E-state index is 0.576. The Morgan fingerprint density at radius 3 is 2.44 bits per heavy atom. The van der Waals surface area contributed by atoms with Gasteiger partial charge in [0.15, 0.2) is 0 Å². The number of nitrogens with zero attached hydrogens (tertiary/aromatic N) is 1. The summed E-state index contributed by atoms with van der Waals surface area (Å²) in [6.45, 7) is 0. The minimum Gasteiger partial charge on any atom is -0.370 e. The maximum Gasteiger partial charge on any atom is 0.150 e. The molecule has 0 aromatic heterocycles. The molecule has 0 aliphatic heterocycles. The SMILES string of the molecule is CN(c1ccc(C=O)cc1Cl)C1CCCCCC1. The minimum absolute atomic E-state index is 0.576. The maximum atomic E-state index is 10.7. The molecular formula is C15H20ClNO. The summed E-state index contributed by atoms with van der Waals surface area (Å²) in [6, 6.07) is 6.11. The molecule has 0 spiro atoms. The molecule has 3 heteroatoms. The number of hydrogen-bond acceptors (Lipinski definition) is 2. The van der Waals surface area contributed by atoms with Crippen molar-refractivity contribution in [1.82, 2.24) is 0 Å². The normalized spacial score (nSPS) is 17.2. The number of carbonyl (C=O) groups excluding carboxylic acids is 1. The highest BCUT2D eigenvalue weighted by molar-refractivity contribution is 6.33. The van der Waals surface area contributed by atoms with E-state index in [1.54, 1.807) is 6.07 Å². The van der Waals surface area contributed by atoms with E-state index in [4.69, 9.17) is 11.6 Å². The number of rotatable bonds is 3. The van der Waals surface area contributed by atoms with Gasteiger partial charge in [-0.1, -0.05) is 37.3 Å². The third-order valence-electron chi connectivity index (χ3n) is 3.86. The fraction of sp³-hybridized carbons (Fsp3) is 0.533. The van der Waals surface area contributed by atoms with E-state index < -0.39 is 0 Å². The van der Waals surface area contributed by atoms with Gasteiger partial charge in [0.2, 0.25) is 0 Å². The Morgan fingerprint density at radius 2 is 1.89 bits per heavy atom. The van der Waals surface area contributed by atoms with Gasteiger partial charge in [0.25, 0.3) is 0 Å². The van der Waals surface area contributed by atoms with Crippen LogP contribution >= 0.6 is 11.6 Å². The average Bonchev–Trinajstić information content (AvgIpc) is 2.66. The van der Waals surface area contributed by atoms with E-state index in [0.29, 0.717) is 16.6 Å². The molecule has 1 aliphatic rings. The van der Waals surface area contributed by atoms with Gasteiger partial charge in [0.1, 0.15) is 6.29 Å². The quantitative estimate of drug-likeness (QED) is 0.600. The molecule has 0 atom stereocenters. The van der Waals surface area contributed by atoms with Crippen molar-refractivity contribution in [3.8, 4) is 0 Å². The van der Waals surface area contributed by atoms with Gasteiger partial charge in [0.05, 0.1) is 10.7 Å². The molecule has 18 heavy (non-hydrogen) atoms. The number of anilines is 1. The molecule has 1 saturated carbocycles. The van der Waals surface area contributed by atoms with Gasteiger partial charge in [-0.3, -0.25) is 4.79 Å². The molecule has 2 rings (SSSR count). The number of benzene rings is 1. The van der Waals surface area contributed by atoms with Gasteiger partial charge >= 0.3 is 0 Å². The predicted octanol–water partition coefficient (Wildman–Crippen LogP) is 4.31. The lowest BCUT2D eigenvalue weighted by Gasteiger charge is -2.30. The Morgan fingerprint density at radius 1 is 1.22 bits per heavy atom. The van der Waals surface area contributed by atoms with Crippen molar-refractivity contribution >= 4 is 23.6 Å². The number of carbonyl (C=O) groups is 1. The maximum absolute atomic E-state index is 10.7. The highest BCUT2D eigenvalue weighted by Crippen LogP contribution is 2.31. The Kier molecular flexibility index (Phi) is 4.65. The van der Waals surface area contributed by atoms with Gasteiger partial charge in [-0.05, 0) is 31.0 Å². The van der Waals surface area contributed by atoms with Crippen LogP contribution in [0.2, 0.25) is 5.02 Å². The molecule has 1 aromatic carbocycles. The zero-order chi connectivity index (χ0) is 13.0. The van der Waals surface area contributed by atoms with Crippen LogP contribution in [0, 0.1) is 0 Å². The second-order valence-corrected chi connectivity index (χ2v) is 5.49. The highest BCUT2D eigenvalue weighted by atomic mass is 35.5. The lowest BCUT2D eigenvalue weighted by molar-refractivity contribution is 0.112. The van der Waals surface area contributed by atoms with E-state index in [1.165, 1.54) is 38.5 Å². The molecule has 0 radical (unpaired) electrons. The molecule has 0 heterocycles. The van der Waals surface area contributed by atoms with Gasteiger partial charge in [-0.25, -0.2) is 0 Å². The Bertz CT molecular complexity index is 411. The van der Waals surface area contributed by atoms with E-state index >= 15 is 0 Å². The Labute approximate surface area is 114 Å². The second kappa shape index (κ2) is 6.24. The summed E-state index contributed by atoms with van der Waals surface area (Å²) in [5.74, 6) is 0. The van der Waals surface area contributed by atoms with Crippen molar-refractivity contribution < 1.29 is 4.79 Å². The van der Waals surface area contributed by atoms with E-state index in [0.717, 1.165) is 12.0 Å². The highest BCUT2D eigenvalue weighted by Gasteiger charge is 2.18. The molecule has 0 bridgehead atoms. The largest absolute Gasteiger partial charge is 0.370 e. The van der Waals surface area contributed by atoms with Crippen molar-refractivity contribution in [1.29, 1.82) is 0 Å². The average molecular weight is 266 g/mol. The second-order valence-electron chi connectivity index (χ2n) is 5.08. The van der Waals surface area contributed by atoms with Crippen LogP contribution in [-0.2, 0) is 0 Å². The van der Waals surface area contributed by atoms with Crippen molar-refractivity contribution in [2.75, 3.05) is 11.9 Å². The van der Waals surface area contributed by atoms with Crippen molar-refractivity contribution in [2.45, 2.75) is 44.6 Å². The van der Waals surface area contributed by atoms with Gasteiger partial charge in [-0.15, -0.1) is 0 Å². The van der Waals surface area contributed by atoms with Crippen LogP contribution in [0.4, 0.5) is 5.69 Å². The van der Waals surface area contributed by atoms with E-state index in [1.807, 2.05) is 12.1 Å². The summed E-state index contributed by atoms with van der Waals surface area (Å²) in [7, 11) is 2.11. The van der Waals surface area contributed by atoms with E-state index in [2.05, 4.69) is 11.9 Å². The van der Waals surface area contributed by atoms with Crippen LogP contribution in [0.3, 0.4) is 0 Å². The van der Waals surface area contributed by atoms with Crippen molar-refractivity contribution in [3.05, 3.63) is 28.8 Å². The van der Waals surface area contributed by atoms with Crippen molar-refractivity contribution in [3.63, 3.8) is 0 Å². The van der Waals surface area contributed by atoms with Gasteiger partial charge in [-0.2, -0.15) is 0 Å². The lowest BCUT2D eigenvalue weighted by atomic mass is 10.1. The molecule has 1 aliphatic carbocycles. The monoisotopic (exact) mass is 265 g/mol. The summed E-state index contributed by atoms with van der Waals surface area (Å²) in [6.07, 6.45) is 8.62. The number of hydrogen-bond donors (Lipinski definition) is 0. The molecular weight excluding hydrogens is 246 g/mol. The molecule has 0 unspecified atom stereocenters. The summed E-state index contributed by atoms with van der Waals surface area (Å²) in [5, 5.41) is 0.673. The first-order valence-corrected chi connectivity index (χ1v) is 7.07. The van der Waals surface area contributed by atoms with Crippen LogP contribution < -0.4 is 4.90 Å². The third-order valence-corrected chi connectivity index (χ3v) is 4.16. The van der Waals surface area contributed by atoms with Crippen LogP contribution in [0.25, 0.3) is 0 Å². The van der Waals surface area contributed by atoms with Gasteiger partial charge in [0, 0.05) is 18.7 Å². The standard InChI is InChI=1S/C15H20ClNO/c1-17(13-6-4-2-3-5-7-13)15-9-8-12(11-18)10-14(15)16/h8-11,13H,2-7H2,1H3. The van der Waals surface area contributed by atoms with Crippen LogP contribution in [-0.4, -0.2) is 19.4 Å². The first-order chi connectivity index (χ1) is 8.72. The van der Waals surface area contributed by atoms with E-state index in [-0.39, 0.29) is 0 Å². The fourth-order valence-corrected chi connectivity index (χ4v) is 3.05. The Balaban J connectivity index is 2.16. The number of aldehydes is 1. The zero-order valence-corrected chi connectivity index (χ0v) is 11.6. The van der Waals surface area contributed by atoms with Crippen LogP contribution in [0.5, 0.6) is 0 Å². The van der Waals surface area contributed by atoms with Gasteiger partial charge < -0.3 is 4.90 Å². The first kappa shape index (κ1) is 13.4. The lowest BCUT2D eigenvalue weighted by Crippen LogP contribution is -2.31. The topological polar surface area (TPSA) is 20.3 Å². The number of halogens is 1. The zero-order valence-electron chi connectivity index (χ0n) is 10.9. The first-order valence-electron chi connectivity index (χ1n) is 6.70. The molecule has 2 nitrogen and oxygen atoms in total. The Hall–Kier alpha value is -1.02. The predicted molar refractivity (Wildman–Crippen MR) is 76.7 cm³/mol. The fourth-order valence-electron chi connectivity index (χ4n) is 2.72. The smallest absolute Gasteiger partial charge is 0.150 e. The molecule has 0 amide bonds. The molecule has 98 valence electrons. The summed E-state index contributed by atoms with van der Waals surface area (Å²) in [4.78, 5) is 13.0. The van der Waals surface area contributed by atoms with E-state index in [9.17, 15) is 4.79 Å². The summed E-state index contributed by atoms with van der Waals surface area (Å²) >= 11 is 6.26. The molecule has 0 saturated heterocycles. The van der Waals surface area contributed by atoms with Crippen LogP contribution in [0.1, 0.15) is 48.9 Å². The van der Waals surface area contributed by atoms with Crippen molar-refractivity contribution in [2.24, 2.45) is 0 Å². The summed E-state index contributed by atoms with van der Waals surface area (Å²) in [5.41, 5.74) is 1.67. The van der Waals surface area contributed by atoms with Crippen LogP contribution in [0.15, 0.2) is 18.2 Å². The molecule has 0 N–H and O–H groups in total. The summed E-state index contributed by atoms with van der Waals surface area (Å²) < 4.78 is 0. The molecule has 1 aromatic rings.